The van der Waals surface area contributed by atoms with Crippen LogP contribution in [0.25, 0.3) is 10.9 Å². The van der Waals surface area contributed by atoms with E-state index in [2.05, 4.69) is 28.6 Å². The molecule has 1 saturated carbocycles. The molecule has 1 fully saturated rings. The zero-order chi connectivity index (χ0) is 22.9. The molecule has 0 radical (unpaired) electrons. The molecule has 1 aliphatic carbocycles. The smallest absolute Gasteiger partial charge is 0.410 e. The SMILES string of the molecule is CN(C(=O)OC(C)(C)C)C1CCC(c2c[nH]c3ccc(NC(=N)c4cccs4)cc23)CC1. The fourth-order valence-corrected chi connectivity index (χ4v) is 5.07. The van der Waals surface area contributed by atoms with Crippen LogP contribution in [0.3, 0.4) is 0 Å². The van der Waals surface area contributed by atoms with E-state index in [4.69, 9.17) is 10.1 Å². The minimum atomic E-state index is -0.474. The third-order valence-corrected chi connectivity index (χ3v) is 7.00. The molecule has 3 aromatic rings. The third kappa shape index (κ3) is 4.99. The molecule has 0 aliphatic heterocycles. The van der Waals surface area contributed by atoms with Crippen molar-refractivity contribution in [1.82, 2.24) is 9.88 Å². The number of ether oxygens (including phenoxy) is 1. The molecule has 1 aromatic carbocycles. The molecular formula is C25H32N4O2S. The summed E-state index contributed by atoms with van der Waals surface area (Å²) in [6.07, 6.45) is 5.89. The number of nitrogens with zero attached hydrogens (tertiary/aromatic N) is 1. The van der Waals surface area contributed by atoms with Gasteiger partial charge in [0.2, 0.25) is 0 Å². The van der Waals surface area contributed by atoms with Crippen LogP contribution in [0.5, 0.6) is 0 Å². The van der Waals surface area contributed by atoms with Crippen molar-refractivity contribution in [2.24, 2.45) is 0 Å². The monoisotopic (exact) mass is 452 g/mol. The highest BCUT2D eigenvalue weighted by molar-refractivity contribution is 7.12. The predicted molar refractivity (Wildman–Crippen MR) is 132 cm³/mol. The number of H-pyrrole nitrogens is 1. The molecule has 4 rings (SSSR count). The first-order chi connectivity index (χ1) is 15.2. The molecule has 32 heavy (non-hydrogen) atoms. The average Bonchev–Trinajstić information content (AvgIpc) is 3.42. The highest BCUT2D eigenvalue weighted by Crippen LogP contribution is 2.38. The molecular weight excluding hydrogens is 420 g/mol. The number of thiophene rings is 1. The normalized spacial score (nSPS) is 19.0. The van der Waals surface area contributed by atoms with Crippen LogP contribution in [0, 0.1) is 5.41 Å². The van der Waals surface area contributed by atoms with Crippen LogP contribution in [0.2, 0.25) is 0 Å². The second-order valence-corrected chi connectivity index (χ2v) is 10.5. The van der Waals surface area contributed by atoms with Gasteiger partial charge in [-0.3, -0.25) is 5.41 Å². The maximum atomic E-state index is 12.4. The van der Waals surface area contributed by atoms with Gasteiger partial charge in [0.05, 0.1) is 4.88 Å². The number of benzene rings is 1. The van der Waals surface area contributed by atoms with E-state index in [1.165, 1.54) is 10.9 Å². The lowest BCUT2D eigenvalue weighted by atomic mass is 9.81. The second kappa shape index (κ2) is 8.98. The van der Waals surface area contributed by atoms with E-state index < -0.39 is 5.60 Å². The fourth-order valence-electron chi connectivity index (χ4n) is 4.44. The summed E-state index contributed by atoms with van der Waals surface area (Å²) in [6, 6.07) is 10.4. The Morgan fingerprint density at radius 1 is 1.22 bits per heavy atom. The minimum absolute atomic E-state index is 0.217. The van der Waals surface area contributed by atoms with Crippen molar-refractivity contribution in [3.05, 3.63) is 52.3 Å². The molecule has 2 aromatic heterocycles. The number of amides is 1. The van der Waals surface area contributed by atoms with Gasteiger partial charge in [0.15, 0.2) is 0 Å². The summed E-state index contributed by atoms with van der Waals surface area (Å²) in [5.41, 5.74) is 2.89. The molecule has 3 N–H and O–H groups in total. The van der Waals surface area contributed by atoms with Crippen LogP contribution in [0.15, 0.2) is 41.9 Å². The zero-order valence-corrected chi connectivity index (χ0v) is 20.0. The number of rotatable bonds is 4. The van der Waals surface area contributed by atoms with Gasteiger partial charge in [-0.25, -0.2) is 4.79 Å². The van der Waals surface area contributed by atoms with Gasteiger partial charge in [-0.1, -0.05) is 6.07 Å². The topological polar surface area (TPSA) is 81.2 Å². The predicted octanol–water partition coefficient (Wildman–Crippen LogP) is 6.56. The van der Waals surface area contributed by atoms with Crippen LogP contribution in [0.1, 0.15) is 62.8 Å². The first kappa shape index (κ1) is 22.4. The Balaban J connectivity index is 1.43. The van der Waals surface area contributed by atoms with E-state index in [0.717, 1.165) is 41.8 Å². The summed E-state index contributed by atoms with van der Waals surface area (Å²) in [4.78, 5) is 18.5. The van der Waals surface area contributed by atoms with Gasteiger partial charge in [0.25, 0.3) is 0 Å². The van der Waals surface area contributed by atoms with Crippen LogP contribution in [0.4, 0.5) is 10.5 Å². The summed E-state index contributed by atoms with van der Waals surface area (Å²) in [7, 11) is 1.85. The van der Waals surface area contributed by atoms with E-state index in [1.54, 1.807) is 16.2 Å². The Morgan fingerprint density at radius 2 is 1.97 bits per heavy atom. The van der Waals surface area contributed by atoms with Crippen molar-refractivity contribution >= 4 is 39.9 Å². The minimum Gasteiger partial charge on any atom is -0.444 e. The molecule has 6 nitrogen and oxygen atoms in total. The number of fused-ring (bicyclic) bond motifs is 1. The van der Waals surface area contributed by atoms with Gasteiger partial charge in [0, 0.05) is 35.9 Å². The highest BCUT2D eigenvalue weighted by Gasteiger charge is 2.30. The van der Waals surface area contributed by atoms with Crippen molar-refractivity contribution in [2.45, 2.75) is 64.0 Å². The summed E-state index contributed by atoms with van der Waals surface area (Å²) >= 11 is 1.56. The van der Waals surface area contributed by atoms with Crippen molar-refractivity contribution in [3.63, 3.8) is 0 Å². The zero-order valence-electron chi connectivity index (χ0n) is 19.2. The van der Waals surface area contributed by atoms with Crippen molar-refractivity contribution in [1.29, 1.82) is 5.41 Å². The third-order valence-electron chi connectivity index (χ3n) is 6.12. The summed E-state index contributed by atoms with van der Waals surface area (Å²) in [6.45, 7) is 5.70. The number of amidine groups is 1. The molecule has 7 heteroatoms. The molecule has 0 saturated heterocycles. The van der Waals surface area contributed by atoms with Gasteiger partial charge in [-0.05, 0) is 87.6 Å². The molecule has 1 aliphatic rings. The lowest BCUT2D eigenvalue weighted by Crippen LogP contribution is -2.42. The Bertz CT molecular complexity index is 1090. The van der Waals surface area contributed by atoms with Crippen LogP contribution >= 0.6 is 11.3 Å². The average molecular weight is 453 g/mol. The van der Waals surface area contributed by atoms with E-state index in [9.17, 15) is 4.79 Å². The number of carbonyl (C=O) groups is 1. The molecule has 0 bridgehead atoms. The van der Waals surface area contributed by atoms with E-state index in [1.807, 2.05) is 51.4 Å². The Kier molecular flexibility index (Phi) is 6.29. The number of aromatic amines is 1. The van der Waals surface area contributed by atoms with Gasteiger partial charge in [-0.15, -0.1) is 11.3 Å². The van der Waals surface area contributed by atoms with Crippen molar-refractivity contribution in [3.8, 4) is 0 Å². The van der Waals surface area contributed by atoms with Gasteiger partial charge in [0.1, 0.15) is 11.4 Å². The molecule has 1 amide bonds. The van der Waals surface area contributed by atoms with E-state index in [-0.39, 0.29) is 12.1 Å². The number of carbonyl (C=O) groups excluding carboxylic acids is 1. The number of hydrogen-bond donors (Lipinski definition) is 3. The van der Waals surface area contributed by atoms with Crippen molar-refractivity contribution < 1.29 is 9.53 Å². The Morgan fingerprint density at radius 3 is 2.62 bits per heavy atom. The van der Waals surface area contributed by atoms with E-state index in [0.29, 0.717) is 11.8 Å². The Labute approximate surface area is 193 Å². The molecule has 0 spiro atoms. The first-order valence-electron chi connectivity index (χ1n) is 11.2. The van der Waals surface area contributed by atoms with Gasteiger partial charge in [-0.2, -0.15) is 0 Å². The van der Waals surface area contributed by atoms with Gasteiger partial charge >= 0.3 is 6.09 Å². The Hall–Kier alpha value is -2.80. The maximum absolute atomic E-state index is 12.4. The number of hydrogen-bond acceptors (Lipinski definition) is 4. The molecule has 2 heterocycles. The summed E-state index contributed by atoms with van der Waals surface area (Å²) in [5, 5.41) is 14.7. The second-order valence-electron chi connectivity index (χ2n) is 9.58. The standard InChI is InChI=1S/C25H32N4O2S/c1-25(2,3)31-24(30)29(4)18-10-7-16(8-11-18)20-15-27-21-12-9-17(14-19(20)21)28-23(26)22-6-5-13-32-22/h5-6,9,12-16,18,27H,7-8,10-11H2,1-4H3,(H2,26,28). The highest BCUT2D eigenvalue weighted by atomic mass is 32.1. The first-order valence-corrected chi connectivity index (χ1v) is 12.1. The van der Waals surface area contributed by atoms with E-state index >= 15 is 0 Å². The molecule has 0 unspecified atom stereocenters. The summed E-state index contributed by atoms with van der Waals surface area (Å²) in [5.74, 6) is 0.876. The summed E-state index contributed by atoms with van der Waals surface area (Å²) < 4.78 is 5.54. The van der Waals surface area contributed by atoms with Crippen LogP contribution < -0.4 is 5.32 Å². The number of nitrogens with one attached hydrogen (secondary N) is 3. The largest absolute Gasteiger partial charge is 0.444 e. The van der Waals surface area contributed by atoms with Crippen molar-refractivity contribution in [2.75, 3.05) is 12.4 Å². The maximum Gasteiger partial charge on any atom is 0.410 e. The number of aromatic nitrogens is 1. The molecule has 0 atom stereocenters. The molecule has 170 valence electrons. The lowest BCUT2D eigenvalue weighted by Gasteiger charge is -2.35. The lowest BCUT2D eigenvalue weighted by molar-refractivity contribution is 0.0183. The van der Waals surface area contributed by atoms with Gasteiger partial charge < -0.3 is 19.9 Å². The van der Waals surface area contributed by atoms with Crippen LogP contribution in [-0.2, 0) is 4.74 Å². The fraction of sp³-hybridized carbons (Fsp3) is 0.440. The number of anilines is 1. The quantitative estimate of drug-likeness (QED) is 0.310. The van der Waals surface area contributed by atoms with Crippen LogP contribution in [-0.4, -0.2) is 40.5 Å².